The van der Waals surface area contributed by atoms with E-state index in [9.17, 15) is 19.0 Å². The van der Waals surface area contributed by atoms with Gasteiger partial charge in [0.1, 0.15) is 19.8 Å². The monoisotopic (exact) mass is 1170 g/mol. The van der Waals surface area contributed by atoms with Gasteiger partial charge in [-0.2, -0.15) is 0 Å². The summed E-state index contributed by atoms with van der Waals surface area (Å²) >= 11 is 0. The second kappa shape index (κ2) is 63.0. The molecular weight excluding hydrogens is 1040 g/mol. The predicted molar refractivity (Wildman–Crippen MR) is 353 cm³/mol. The minimum atomic E-state index is -4.39. The molecule has 0 aromatic rings. The summed E-state index contributed by atoms with van der Waals surface area (Å²) in [6.45, 7) is 4.45. The Morgan fingerprint density at radius 3 is 0.976 bits per heavy atom. The zero-order chi connectivity index (χ0) is 59.8. The van der Waals surface area contributed by atoms with Gasteiger partial charge in [-0.05, 0) is 89.9 Å². The molecule has 0 aromatic carbocycles. The number of allylic oxidation sites excluding steroid dienone is 12. The first-order valence-corrected chi connectivity index (χ1v) is 36.2. The third kappa shape index (κ3) is 66.6. The van der Waals surface area contributed by atoms with Crippen LogP contribution in [0, 0.1) is 0 Å². The average Bonchev–Trinajstić information content (AvgIpc) is 3.44. The molecule has 0 heterocycles. The number of rotatable bonds is 64. The first-order chi connectivity index (χ1) is 40.0. The maximum atomic E-state index is 12.9. The number of hydrogen-bond acceptors (Lipinski definition) is 7. The molecule has 10 heteroatoms. The highest BCUT2D eigenvalue weighted by Gasteiger charge is 2.27. The maximum absolute atomic E-state index is 12.9. The molecule has 478 valence electrons. The molecule has 0 rings (SSSR count). The van der Waals surface area contributed by atoms with Crippen LogP contribution in [-0.4, -0.2) is 74.9 Å². The van der Waals surface area contributed by atoms with Crippen LogP contribution < -0.4 is 0 Å². The predicted octanol–water partition coefficient (Wildman–Crippen LogP) is 22.4. The fraction of sp³-hybridized carbons (Fsp3) is 0.806. The summed E-state index contributed by atoms with van der Waals surface area (Å²) in [7, 11) is 1.48. The van der Waals surface area contributed by atoms with E-state index in [0.717, 1.165) is 57.8 Å². The van der Waals surface area contributed by atoms with Crippen LogP contribution in [-0.2, 0) is 32.7 Å². The standard InChI is InChI=1S/C72H132NO8P/c1-6-8-10-12-14-16-18-20-22-24-26-28-30-32-34-36-38-40-42-44-46-48-50-52-54-56-58-60-62-64-71(74)78-68-70(69-80-82(76,77)79-67-66-73(3,4)5)81-72(75)65-63-61-59-57-55-53-51-49-47-45-43-41-39-37-35-33-31-29-27-25-23-21-19-17-15-13-11-9-7-2/h18-21,24-27,30-33,70H,6-17,22-23,28-29,34-69H2,1-5H3/p+1/b20-18-,21-19-,26-24-,27-25-,32-30-,33-31-. The summed E-state index contributed by atoms with van der Waals surface area (Å²) in [5, 5.41) is 0. The number of esters is 2. The molecule has 0 bridgehead atoms. The lowest BCUT2D eigenvalue weighted by Crippen LogP contribution is -2.37. The molecule has 0 aliphatic carbocycles. The SMILES string of the molecule is CCCCCCC/C=C\C/C=C\C/C=C\CCCCCCCCCCCCCCCCC(=O)OCC(COP(=O)(O)OCC[N+](C)(C)C)OC(=O)CCCCCCCCCCCCCCCC/C=C\C/C=C\C/C=C\CCCCCCC. The number of likely N-dealkylation sites (N-methyl/N-ethyl adjacent to an activating group) is 1. The van der Waals surface area contributed by atoms with Gasteiger partial charge < -0.3 is 18.9 Å². The highest BCUT2D eigenvalue weighted by molar-refractivity contribution is 7.47. The van der Waals surface area contributed by atoms with Crippen LogP contribution in [0.25, 0.3) is 0 Å². The second-order valence-electron chi connectivity index (χ2n) is 24.6. The Bertz CT molecular complexity index is 1610. The molecule has 0 radical (unpaired) electrons. The number of hydrogen-bond donors (Lipinski definition) is 1. The largest absolute Gasteiger partial charge is 0.472 e. The van der Waals surface area contributed by atoms with E-state index in [0.29, 0.717) is 17.4 Å². The van der Waals surface area contributed by atoms with Gasteiger partial charge in [0.2, 0.25) is 0 Å². The van der Waals surface area contributed by atoms with E-state index in [1.807, 2.05) is 21.1 Å². The van der Waals surface area contributed by atoms with Crippen LogP contribution in [0.3, 0.4) is 0 Å². The molecule has 0 fully saturated rings. The maximum Gasteiger partial charge on any atom is 0.472 e. The summed E-state index contributed by atoms with van der Waals surface area (Å²) in [6.07, 6.45) is 84.2. The van der Waals surface area contributed by atoms with Crippen LogP contribution in [0.2, 0.25) is 0 Å². The van der Waals surface area contributed by atoms with Gasteiger partial charge in [0, 0.05) is 12.8 Å². The highest BCUT2D eigenvalue weighted by atomic mass is 31.2. The van der Waals surface area contributed by atoms with Gasteiger partial charge in [-0.1, -0.05) is 292 Å². The average molecular weight is 1170 g/mol. The molecular formula is C72H133NO8P+. The smallest absolute Gasteiger partial charge is 0.462 e. The molecule has 2 atom stereocenters. The normalized spacial score (nSPS) is 13.6. The van der Waals surface area contributed by atoms with Crippen LogP contribution in [0.1, 0.15) is 322 Å². The van der Waals surface area contributed by atoms with Crippen LogP contribution in [0.5, 0.6) is 0 Å². The number of nitrogens with zero attached hydrogens (tertiary/aromatic N) is 1. The molecule has 0 aromatic heterocycles. The molecule has 0 spiro atoms. The zero-order valence-corrected chi connectivity index (χ0v) is 55.4. The fourth-order valence-electron chi connectivity index (χ4n) is 9.86. The minimum absolute atomic E-state index is 0.0305. The lowest BCUT2D eigenvalue weighted by atomic mass is 10.0. The van der Waals surface area contributed by atoms with Crippen LogP contribution >= 0.6 is 7.82 Å². The quantitative estimate of drug-likeness (QED) is 0.0211. The number of carbonyl (C=O) groups excluding carboxylic acids is 2. The molecule has 0 aliphatic heterocycles. The summed E-state index contributed by atoms with van der Waals surface area (Å²) in [5.74, 6) is -0.788. The Morgan fingerprint density at radius 1 is 0.378 bits per heavy atom. The molecule has 0 saturated heterocycles. The topological polar surface area (TPSA) is 108 Å². The highest BCUT2D eigenvalue weighted by Crippen LogP contribution is 2.43. The molecule has 0 amide bonds. The third-order valence-corrected chi connectivity index (χ3v) is 16.2. The van der Waals surface area contributed by atoms with Gasteiger partial charge in [-0.3, -0.25) is 18.6 Å². The van der Waals surface area contributed by atoms with E-state index in [4.69, 9.17) is 18.5 Å². The molecule has 82 heavy (non-hydrogen) atoms. The van der Waals surface area contributed by atoms with E-state index in [-0.39, 0.29) is 32.0 Å². The summed E-state index contributed by atoms with van der Waals surface area (Å²) < 4.78 is 34.7. The van der Waals surface area contributed by atoms with E-state index < -0.39 is 26.5 Å². The van der Waals surface area contributed by atoms with Gasteiger partial charge in [0.25, 0.3) is 0 Å². The summed E-state index contributed by atoms with van der Waals surface area (Å²) in [6, 6.07) is 0. The van der Waals surface area contributed by atoms with Crippen molar-refractivity contribution in [2.24, 2.45) is 0 Å². The zero-order valence-electron chi connectivity index (χ0n) is 54.5. The lowest BCUT2D eigenvalue weighted by molar-refractivity contribution is -0.870. The van der Waals surface area contributed by atoms with Crippen molar-refractivity contribution < 1.29 is 42.1 Å². The fourth-order valence-corrected chi connectivity index (χ4v) is 10.6. The van der Waals surface area contributed by atoms with Gasteiger partial charge in [-0.15, -0.1) is 0 Å². The molecule has 0 saturated carbocycles. The van der Waals surface area contributed by atoms with Gasteiger partial charge in [0.05, 0.1) is 27.7 Å². The van der Waals surface area contributed by atoms with Crippen LogP contribution in [0.15, 0.2) is 72.9 Å². The van der Waals surface area contributed by atoms with Crippen molar-refractivity contribution in [1.29, 1.82) is 0 Å². The van der Waals surface area contributed by atoms with Crippen molar-refractivity contribution in [2.45, 2.75) is 328 Å². The molecule has 9 nitrogen and oxygen atoms in total. The van der Waals surface area contributed by atoms with Crippen LogP contribution in [0.4, 0.5) is 0 Å². The third-order valence-electron chi connectivity index (χ3n) is 15.2. The number of phosphoric ester groups is 1. The van der Waals surface area contributed by atoms with Gasteiger partial charge >= 0.3 is 19.8 Å². The Hall–Kier alpha value is -2.55. The number of unbranched alkanes of at least 4 members (excludes halogenated alkanes) is 38. The lowest BCUT2D eigenvalue weighted by Gasteiger charge is -2.24. The van der Waals surface area contributed by atoms with Crippen molar-refractivity contribution >= 4 is 19.8 Å². The second-order valence-corrected chi connectivity index (χ2v) is 26.0. The summed E-state index contributed by atoms with van der Waals surface area (Å²) in [4.78, 5) is 35.9. The number of carbonyl (C=O) groups is 2. The van der Waals surface area contributed by atoms with Crippen molar-refractivity contribution in [2.75, 3.05) is 47.5 Å². The Balaban J connectivity index is 4.06. The summed E-state index contributed by atoms with van der Waals surface area (Å²) in [5.41, 5.74) is 0. The van der Waals surface area contributed by atoms with Crippen molar-refractivity contribution in [3.8, 4) is 0 Å². The van der Waals surface area contributed by atoms with E-state index in [1.54, 1.807) is 0 Å². The van der Waals surface area contributed by atoms with Gasteiger partial charge in [0.15, 0.2) is 6.10 Å². The first-order valence-electron chi connectivity index (χ1n) is 34.7. The number of ether oxygens (including phenoxy) is 2. The Labute approximate surface area is 508 Å². The van der Waals surface area contributed by atoms with Gasteiger partial charge in [-0.25, -0.2) is 4.57 Å². The van der Waals surface area contributed by atoms with E-state index in [1.165, 1.54) is 231 Å². The van der Waals surface area contributed by atoms with Crippen molar-refractivity contribution in [3.63, 3.8) is 0 Å². The molecule has 2 unspecified atom stereocenters. The van der Waals surface area contributed by atoms with E-state index in [2.05, 4.69) is 86.8 Å². The van der Waals surface area contributed by atoms with Crippen molar-refractivity contribution in [3.05, 3.63) is 72.9 Å². The minimum Gasteiger partial charge on any atom is -0.462 e. The van der Waals surface area contributed by atoms with Crippen molar-refractivity contribution in [1.82, 2.24) is 0 Å². The Kier molecular flexibility index (Phi) is 61.0. The molecule has 1 N–H and O–H groups in total. The number of quaternary nitrogens is 1. The first kappa shape index (κ1) is 79.5. The molecule has 0 aliphatic rings. The Morgan fingerprint density at radius 2 is 0.659 bits per heavy atom. The number of phosphoric acid groups is 1. The van der Waals surface area contributed by atoms with E-state index >= 15 is 0 Å².